The lowest BCUT2D eigenvalue weighted by molar-refractivity contribution is -0.118. The zero-order chi connectivity index (χ0) is 20.1. The zero-order valence-corrected chi connectivity index (χ0v) is 15.9. The monoisotopic (exact) mass is 423 g/mol. The van der Waals surface area contributed by atoms with Gasteiger partial charge in [-0.15, -0.1) is 5.10 Å². The number of benzene rings is 2. The van der Waals surface area contributed by atoms with Crippen molar-refractivity contribution in [3.8, 4) is 11.5 Å². The van der Waals surface area contributed by atoms with Gasteiger partial charge in [-0.2, -0.15) is 13.9 Å². The molecule has 1 atom stereocenters. The Hall–Kier alpha value is -2.59. The van der Waals surface area contributed by atoms with Crippen LogP contribution >= 0.6 is 23.5 Å². The topological polar surface area (TPSA) is 94.3 Å². The van der Waals surface area contributed by atoms with Crippen LogP contribution in [0.1, 0.15) is 11.1 Å². The minimum absolute atomic E-state index is 0.0664. The molecule has 0 unspecified atom stereocenters. The smallest absolute Gasteiger partial charge is 0.288 e. The number of nitrogens with one attached hydrogen (secondary N) is 1. The molecule has 2 aromatic rings. The maximum absolute atomic E-state index is 12.3. The third-order valence-electron chi connectivity index (χ3n) is 3.71. The third-order valence-corrected chi connectivity index (χ3v) is 5.50. The summed E-state index contributed by atoms with van der Waals surface area (Å²) in [4.78, 5) is 12.6. The first kappa shape index (κ1) is 20.2. The Bertz CT molecular complexity index is 921. The average Bonchev–Trinajstić information content (AvgIpc) is 2.97. The Morgan fingerprint density at radius 2 is 1.96 bits per heavy atom. The van der Waals surface area contributed by atoms with E-state index < -0.39 is 11.0 Å². The second-order valence-corrected chi connectivity index (χ2v) is 7.97. The summed E-state index contributed by atoms with van der Waals surface area (Å²) in [5.74, 6) is -2.89. The number of hydrogen-bond acceptors (Lipinski definition) is 7. The number of alkyl halides is 2. The number of carbonyl (C=O) groups is 1. The molecule has 3 rings (SSSR count). The summed E-state index contributed by atoms with van der Waals surface area (Å²) < 4.78 is 24.7. The van der Waals surface area contributed by atoms with Crippen LogP contribution < -0.4 is 5.32 Å². The molecule has 146 valence electrons. The van der Waals surface area contributed by atoms with E-state index in [2.05, 4.69) is 15.5 Å². The SMILES string of the molecule is O=C1N/C(=N/N=C/c2ccc(O)cc2O)S[C@H]1Cc1ccc(SC(F)F)cc1. The number of aromatic hydroxyl groups is 2. The van der Waals surface area contributed by atoms with Gasteiger partial charge in [0, 0.05) is 16.5 Å². The molecule has 3 N–H and O–H groups in total. The second-order valence-electron chi connectivity index (χ2n) is 5.72. The summed E-state index contributed by atoms with van der Waals surface area (Å²) >= 11 is 1.69. The number of amidine groups is 1. The fourth-order valence-electron chi connectivity index (χ4n) is 2.39. The molecule has 0 aromatic heterocycles. The molecule has 1 fully saturated rings. The first-order valence-electron chi connectivity index (χ1n) is 8.05. The summed E-state index contributed by atoms with van der Waals surface area (Å²) in [6.45, 7) is 0. The highest BCUT2D eigenvalue weighted by atomic mass is 32.2. The average molecular weight is 423 g/mol. The number of halogens is 2. The van der Waals surface area contributed by atoms with Crippen molar-refractivity contribution in [2.24, 2.45) is 10.2 Å². The lowest BCUT2D eigenvalue weighted by atomic mass is 10.1. The highest BCUT2D eigenvalue weighted by Crippen LogP contribution is 2.27. The van der Waals surface area contributed by atoms with Crippen LogP contribution in [0, 0.1) is 0 Å². The number of hydrogen-bond donors (Lipinski definition) is 3. The molecule has 6 nitrogen and oxygen atoms in total. The minimum atomic E-state index is -2.47. The van der Waals surface area contributed by atoms with E-state index in [-0.39, 0.29) is 17.4 Å². The zero-order valence-electron chi connectivity index (χ0n) is 14.3. The van der Waals surface area contributed by atoms with E-state index in [0.29, 0.717) is 33.8 Å². The van der Waals surface area contributed by atoms with Crippen LogP contribution in [0.2, 0.25) is 0 Å². The van der Waals surface area contributed by atoms with E-state index >= 15 is 0 Å². The molecule has 1 heterocycles. The van der Waals surface area contributed by atoms with Crippen molar-refractivity contribution < 1.29 is 23.8 Å². The lowest BCUT2D eigenvalue weighted by Gasteiger charge is -2.06. The second kappa shape index (κ2) is 9.07. The summed E-state index contributed by atoms with van der Waals surface area (Å²) in [5.41, 5.74) is 1.22. The quantitative estimate of drug-likeness (QED) is 0.375. The Morgan fingerprint density at radius 1 is 1.21 bits per heavy atom. The first-order valence-corrected chi connectivity index (χ1v) is 9.81. The van der Waals surface area contributed by atoms with Crippen LogP contribution in [0.25, 0.3) is 0 Å². The van der Waals surface area contributed by atoms with Gasteiger partial charge in [0.1, 0.15) is 11.5 Å². The predicted molar refractivity (Wildman–Crippen MR) is 106 cm³/mol. The van der Waals surface area contributed by atoms with Crippen molar-refractivity contribution in [3.63, 3.8) is 0 Å². The van der Waals surface area contributed by atoms with Gasteiger partial charge >= 0.3 is 0 Å². The molecule has 0 radical (unpaired) electrons. The van der Waals surface area contributed by atoms with E-state index in [0.717, 1.165) is 5.56 Å². The molecule has 0 spiro atoms. The van der Waals surface area contributed by atoms with Gasteiger partial charge in [-0.25, -0.2) is 0 Å². The normalized spacial score (nSPS) is 18.3. The van der Waals surface area contributed by atoms with Crippen LogP contribution in [0.5, 0.6) is 11.5 Å². The molecule has 10 heteroatoms. The fraction of sp³-hybridized carbons (Fsp3) is 0.167. The molecule has 0 bridgehead atoms. The maximum Gasteiger partial charge on any atom is 0.288 e. The van der Waals surface area contributed by atoms with E-state index in [9.17, 15) is 23.8 Å². The van der Waals surface area contributed by atoms with Gasteiger partial charge in [-0.1, -0.05) is 35.7 Å². The Morgan fingerprint density at radius 3 is 2.64 bits per heavy atom. The van der Waals surface area contributed by atoms with Gasteiger partial charge < -0.3 is 15.5 Å². The number of nitrogens with zero attached hydrogens (tertiary/aromatic N) is 2. The number of phenolic OH excluding ortho intramolecular Hbond substituents is 2. The number of phenols is 2. The predicted octanol–water partition coefficient (Wildman–Crippen LogP) is 3.58. The fourth-order valence-corrected chi connectivity index (χ4v) is 3.86. The molecule has 0 aliphatic carbocycles. The molecule has 28 heavy (non-hydrogen) atoms. The Balaban J connectivity index is 1.60. The lowest BCUT2D eigenvalue weighted by Crippen LogP contribution is -2.25. The van der Waals surface area contributed by atoms with Crippen molar-refractivity contribution in [1.82, 2.24) is 5.32 Å². The molecule has 1 aliphatic heterocycles. The molecule has 2 aromatic carbocycles. The van der Waals surface area contributed by atoms with Crippen LogP contribution in [0.15, 0.2) is 57.6 Å². The van der Waals surface area contributed by atoms with Gasteiger partial charge in [0.2, 0.25) is 5.91 Å². The van der Waals surface area contributed by atoms with Crippen LogP contribution in [0.3, 0.4) is 0 Å². The van der Waals surface area contributed by atoms with Crippen molar-refractivity contribution in [2.45, 2.75) is 22.3 Å². The summed E-state index contributed by atoms with van der Waals surface area (Å²) in [6.07, 6.45) is 1.73. The van der Waals surface area contributed by atoms with Crippen LogP contribution in [-0.4, -0.2) is 38.5 Å². The number of carbonyl (C=O) groups excluding carboxylic acids is 1. The van der Waals surface area contributed by atoms with E-state index in [1.165, 1.54) is 36.2 Å². The van der Waals surface area contributed by atoms with Crippen LogP contribution in [-0.2, 0) is 11.2 Å². The molecule has 1 saturated heterocycles. The van der Waals surface area contributed by atoms with Gasteiger partial charge in [0.15, 0.2) is 5.17 Å². The van der Waals surface area contributed by atoms with Crippen molar-refractivity contribution in [2.75, 3.05) is 0 Å². The summed E-state index contributed by atoms with van der Waals surface area (Å²) in [5, 5.41) is 29.3. The van der Waals surface area contributed by atoms with Crippen molar-refractivity contribution in [3.05, 3.63) is 53.6 Å². The van der Waals surface area contributed by atoms with Crippen molar-refractivity contribution >= 4 is 40.8 Å². The molecule has 1 amide bonds. The van der Waals surface area contributed by atoms with Crippen LogP contribution in [0.4, 0.5) is 8.78 Å². The molecule has 0 saturated carbocycles. The number of thioether (sulfide) groups is 2. The molecule has 1 aliphatic rings. The van der Waals surface area contributed by atoms with E-state index in [1.54, 1.807) is 24.3 Å². The first-order chi connectivity index (χ1) is 13.4. The highest BCUT2D eigenvalue weighted by molar-refractivity contribution is 8.15. The van der Waals surface area contributed by atoms with Gasteiger partial charge in [0.25, 0.3) is 5.76 Å². The highest BCUT2D eigenvalue weighted by Gasteiger charge is 2.30. The van der Waals surface area contributed by atoms with Gasteiger partial charge in [-0.05, 0) is 36.2 Å². The Labute approximate surface area is 167 Å². The number of amides is 1. The van der Waals surface area contributed by atoms with Gasteiger partial charge in [0.05, 0.1) is 11.5 Å². The molecular formula is C18H15F2N3O3S2. The summed E-state index contributed by atoms with van der Waals surface area (Å²) in [6, 6.07) is 10.7. The van der Waals surface area contributed by atoms with E-state index in [1.807, 2.05) is 0 Å². The standard InChI is InChI=1S/C18H15F2N3O3S2/c19-17(20)27-13-5-1-10(2-6-13)7-15-16(26)22-18(28-15)23-21-9-11-3-4-12(24)8-14(11)25/h1-6,8-9,15,17,24-25H,7H2,(H,22,23,26)/b21-9+/t15-/m0/s1. The Kier molecular flexibility index (Phi) is 6.53. The van der Waals surface area contributed by atoms with Crippen molar-refractivity contribution in [1.29, 1.82) is 0 Å². The van der Waals surface area contributed by atoms with Gasteiger partial charge in [-0.3, -0.25) is 4.79 Å². The minimum Gasteiger partial charge on any atom is -0.508 e. The molecular weight excluding hydrogens is 408 g/mol. The largest absolute Gasteiger partial charge is 0.508 e. The van der Waals surface area contributed by atoms with E-state index in [4.69, 9.17) is 0 Å². The third kappa shape index (κ3) is 5.46. The maximum atomic E-state index is 12.3. The summed E-state index contributed by atoms with van der Waals surface area (Å²) in [7, 11) is 0. The number of rotatable bonds is 6.